The lowest BCUT2D eigenvalue weighted by atomic mass is 10.1. The SMILES string of the molecule is COc1ccc(C(=O)NCCc2nc3ccccc3n2CCCCOc2cc(C)cc(C)c2)cc1OC. The van der Waals surface area contributed by atoms with Gasteiger partial charge in [-0.15, -0.1) is 0 Å². The number of ether oxygens (including phenoxy) is 3. The monoisotopic (exact) mass is 501 g/mol. The van der Waals surface area contributed by atoms with Crippen LogP contribution in [0.25, 0.3) is 11.0 Å². The van der Waals surface area contributed by atoms with Gasteiger partial charge in [0.25, 0.3) is 5.91 Å². The Morgan fingerprint density at radius 3 is 2.43 bits per heavy atom. The number of hydrogen-bond donors (Lipinski definition) is 1. The van der Waals surface area contributed by atoms with E-state index in [1.807, 2.05) is 18.2 Å². The highest BCUT2D eigenvalue weighted by molar-refractivity contribution is 5.94. The Morgan fingerprint density at radius 2 is 1.68 bits per heavy atom. The van der Waals surface area contributed by atoms with Crippen molar-refractivity contribution in [1.29, 1.82) is 0 Å². The van der Waals surface area contributed by atoms with Crippen LogP contribution < -0.4 is 19.5 Å². The van der Waals surface area contributed by atoms with E-state index in [-0.39, 0.29) is 5.91 Å². The average Bonchev–Trinajstić information content (AvgIpc) is 3.24. The van der Waals surface area contributed by atoms with E-state index in [4.69, 9.17) is 19.2 Å². The molecule has 1 amide bonds. The van der Waals surface area contributed by atoms with Gasteiger partial charge in [0.1, 0.15) is 11.6 Å². The lowest BCUT2D eigenvalue weighted by Gasteiger charge is -2.12. The molecule has 194 valence electrons. The fourth-order valence-corrected chi connectivity index (χ4v) is 4.51. The summed E-state index contributed by atoms with van der Waals surface area (Å²) >= 11 is 0. The number of methoxy groups -OCH3 is 2. The summed E-state index contributed by atoms with van der Waals surface area (Å²) in [6.07, 6.45) is 2.54. The molecule has 0 bridgehead atoms. The summed E-state index contributed by atoms with van der Waals surface area (Å²) in [6.45, 7) is 6.16. The number of aromatic nitrogens is 2. The van der Waals surface area contributed by atoms with Crippen LogP contribution in [0.4, 0.5) is 0 Å². The van der Waals surface area contributed by atoms with Gasteiger partial charge in [-0.3, -0.25) is 4.79 Å². The first-order valence-electron chi connectivity index (χ1n) is 12.6. The Hall–Kier alpha value is -4.00. The number of imidazole rings is 1. The number of carbonyl (C=O) groups is 1. The molecule has 1 aromatic heterocycles. The molecule has 0 saturated carbocycles. The number of para-hydroxylation sites is 2. The molecule has 7 nitrogen and oxygen atoms in total. The molecule has 1 N–H and O–H groups in total. The third-order valence-corrected chi connectivity index (χ3v) is 6.25. The maximum atomic E-state index is 12.7. The lowest BCUT2D eigenvalue weighted by Crippen LogP contribution is -2.26. The van der Waals surface area contributed by atoms with Crippen molar-refractivity contribution in [2.24, 2.45) is 0 Å². The predicted molar refractivity (Wildman–Crippen MR) is 146 cm³/mol. The minimum atomic E-state index is -0.160. The number of fused-ring (bicyclic) bond motifs is 1. The van der Waals surface area contributed by atoms with Gasteiger partial charge in [-0.25, -0.2) is 4.98 Å². The Morgan fingerprint density at radius 1 is 0.919 bits per heavy atom. The van der Waals surface area contributed by atoms with Gasteiger partial charge < -0.3 is 24.1 Å². The first-order valence-corrected chi connectivity index (χ1v) is 12.6. The summed E-state index contributed by atoms with van der Waals surface area (Å²) in [7, 11) is 3.13. The van der Waals surface area contributed by atoms with Gasteiger partial charge in [-0.2, -0.15) is 0 Å². The summed E-state index contributed by atoms with van der Waals surface area (Å²) in [5.41, 5.74) is 5.02. The standard InChI is InChI=1S/C30H35N3O4/c1-21-17-22(2)19-24(18-21)37-16-8-7-15-33-26-10-6-5-9-25(26)32-29(33)13-14-31-30(34)23-11-12-27(35-3)28(20-23)36-4/h5-6,9-12,17-20H,7-8,13-16H2,1-4H3,(H,31,34). The molecule has 0 saturated heterocycles. The van der Waals surface area contributed by atoms with Crippen LogP contribution in [0.3, 0.4) is 0 Å². The zero-order valence-electron chi connectivity index (χ0n) is 22.0. The molecular formula is C30H35N3O4. The summed E-state index contributed by atoms with van der Waals surface area (Å²) in [6, 6.07) is 19.6. The van der Waals surface area contributed by atoms with Crippen molar-refractivity contribution in [2.75, 3.05) is 27.4 Å². The van der Waals surface area contributed by atoms with Crippen molar-refractivity contribution < 1.29 is 19.0 Å². The van der Waals surface area contributed by atoms with Crippen molar-refractivity contribution in [1.82, 2.24) is 14.9 Å². The number of rotatable bonds is 12. The number of unbranched alkanes of at least 4 members (excludes halogenated alkanes) is 1. The van der Waals surface area contributed by atoms with Gasteiger partial charge in [0.2, 0.25) is 0 Å². The number of hydrogen-bond acceptors (Lipinski definition) is 5. The molecule has 7 heteroatoms. The van der Waals surface area contributed by atoms with Crippen LogP contribution in [0.1, 0.15) is 40.2 Å². The second-order valence-corrected chi connectivity index (χ2v) is 9.12. The topological polar surface area (TPSA) is 74.6 Å². The van der Waals surface area contributed by atoms with Crippen LogP contribution in [0.5, 0.6) is 17.2 Å². The smallest absolute Gasteiger partial charge is 0.251 e. The van der Waals surface area contributed by atoms with E-state index in [0.29, 0.717) is 36.6 Å². The molecule has 3 aromatic carbocycles. The van der Waals surface area contributed by atoms with Crippen molar-refractivity contribution >= 4 is 16.9 Å². The Labute approximate surface area is 218 Å². The predicted octanol–water partition coefficient (Wildman–Crippen LogP) is 5.50. The molecule has 0 fully saturated rings. The van der Waals surface area contributed by atoms with Crippen LogP contribution in [0.2, 0.25) is 0 Å². The van der Waals surface area contributed by atoms with Crippen LogP contribution in [-0.4, -0.2) is 42.8 Å². The third-order valence-electron chi connectivity index (χ3n) is 6.25. The maximum Gasteiger partial charge on any atom is 0.251 e. The molecule has 37 heavy (non-hydrogen) atoms. The minimum Gasteiger partial charge on any atom is -0.494 e. The minimum absolute atomic E-state index is 0.160. The van der Waals surface area contributed by atoms with E-state index >= 15 is 0 Å². The van der Waals surface area contributed by atoms with Crippen molar-refractivity contribution in [2.45, 2.75) is 39.7 Å². The zero-order chi connectivity index (χ0) is 26.2. The van der Waals surface area contributed by atoms with Crippen molar-refractivity contribution in [3.63, 3.8) is 0 Å². The second kappa shape index (κ2) is 12.3. The quantitative estimate of drug-likeness (QED) is 0.259. The van der Waals surface area contributed by atoms with E-state index in [1.54, 1.807) is 32.4 Å². The summed E-state index contributed by atoms with van der Waals surface area (Å²) < 4.78 is 18.8. The first-order chi connectivity index (χ1) is 18.0. The molecule has 0 aliphatic rings. The molecule has 0 unspecified atom stereocenters. The molecule has 1 heterocycles. The van der Waals surface area contributed by atoms with Crippen LogP contribution >= 0.6 is 0 Å². The number of aryl methyl sites for hydroxylation is 3. The highest BCUT2D eigenvalue weighted by atomic mass is 16.5. The number of nitrogens with zero attached hydrogens (tertiary/aromatic N) is 2. The lowest BCUT2D eigenvalue weighted by molar-refractivity contribution is 0.0953. The average molecular weight is 502 g/mol. The highest BCUT2D eigenvalue weighted by Crippen LogP contribution is 2.27. The van der Waals surface area contributed by atoms with E-state index in [9.17, 15) is 4.79 Å². The largest absolute Gasteiger partial charge is 0.494 e. The van der Waals surface area contributed by atoms with Crippen LogP contribution in [0.15, 0.2) is 60.7 Å². The van der Waals surface area contributed by atoms with Gasteiger partial charge >= 0.3 is 0 Å². The number of amides is 1. The third kappa shape index (κ3) is 6.61. The molecule has 0 radical (unpaired) electrons. The summed E-state index contributed by atoms with van der Waals surface area (Å²) in [5.74, 6) is 2.85. The summed E-state index contributed by atoms with van der Waals surface area (Å²) in [4.78, 5) is 17.6. The Balaban J connectivity index is 1.34. The molecule has 4 aromatic rings. The van der Waals surface area contributed by atoms with Gasteiger partial charge in [-0.1, -0.05) is 18.2 Å². The fourth-order valence-electron chi connectivity index (χ4n) is 4.51. The second-order valence-electron chi connectivity index (χ2n) is 9.12. The number of carbonyl (C=O) groups excluding carboxylic acids is 1. The van der Waals surface area contributed by atoms with E-state index < -0.39 is 0 Å². The van der Waals surface area contributed by atoms with Gasteiger partial charge in [0.15, 0.2) is 11.5 Å². The normalized spacial score (nSPS) is 10.9. The van der Waals surface area contributed by atoms with Gasteiger partial charge in [-0.05, 0) is 80.3 Å². The van der Waals surface area contributed by atoms with Crippen molar-refractivity contribution in [3.05, 3.63) is 83.2 Å². The van der Waals surface area contributed by atoms with Gasteiger partial charge in [0.05, 0.1) is 31.9 Å². The van der Waals surface area contributed by atoms with Crippen LogP contribution in [0, 0.1) is 13.8 Å². The van der Waals surface area contributed by atoms with E-state index in [0.717, 1.165) is 42.0 Å². The Bertz CT molecular complexity index is 1340. The van der Waals surface area contributed by atoms with Crippen LogP contribution in [-0.2, 0) is 13.0 Å². The van der Waals surface area contributed by atoms with E-state index in [2.05, 4.69) is 48.0 Å². The number of nitrogens with one attached hydrogen (secondary N) is 1. The Kier molecular flexibility index (Phi) is 8.67. The first kappa shape index (κ1) is 26.1. The molecule has 0 aliphatic heterocycles. The maximum absolute atomic E-state index is 12.7. The molecule has 0 atom stereocenters. The molecule has 0 spiro atoms. The zero-order valence-corrected chi connectivity index (χ0v) is 22.0. The van der Waals surface area contributed by atoms with Gasteiger partial charge in [0, 0.05) is 25.1 Å². The van der Waals surface area contributed by atoms with Crippen molar-refractivity contribution in [3.8, 4) is 17.2 Å². The molecule has 0 aliphatic carbocycles. The molecular weight excluding hydrogens is 466 g/mol. The number of benzene rings is 3. The highest BCUT2D eigenvalue weighted by Gasteiger charge is 2.13. The molecule has 4 rings (SSSR count). The fraction of sp³-hybridized carbons (Fsp3) is 0.333. The summed E-state index contributed by atoms with van der Waals surface area (Å²) in [5, 5.41) is 3.00. The van der Waals surface area contributed by atoms with E-state index in [1.165, 1.54) is 11.1 Å².